The van der Waals surface area contributed by atoms with E-state index in [4.69, 9.17) is 23.7 Å². The topological polar surface area (TPSA) is 97.6 Å². The van der Waals surface area contributed by atoms with Gasteiger partial charge in [0.25, 0.3) is 5.56 Å². The van der Waals surface area contributed by atoms with E-state index in [0.29, 0.717) is 50.2 Å². The molecule has 0 unspecified atom stereocenters. The maximum absolute atomic E-state index is 14.0. The van der Waals surface area contributed by atoms with Crippen LogP contribution in [0.4, 0.5) is 0 Å². The molecule has 0 N–H and O–H groups in total. The zero-order valence-electron chi connectivity index (χ0n) is 24.6. The molecule has 0 saturated carbocycles. The highest BCUT2D eigenvalue weighted by molar-refractivity contribution is 7.07. The van der Waals surface area contributed by atoms with E-state index in [9.17, 15) is 9.59 Å². The van der Waals surface area contributed by atoms with E-state index in [-0.39, 0.29) is 17.7 Å². The molecular weight excluding hydrogens is 568 g/mol. The highest BCUT2D eigenvalue weighted by atomic mass is 32.1. The van der Waals surface area contributed by atoms with Crippen molar-refractivity contribution >= 4 is 23.4 Å². The molecule has 1 aromatic heterocycles. The van der Waals surface area contributed by atoms with Crippen LogP contribution in [-0.2, 0) is 16.1 Å². The third-order valence-corrected chi connectivity index (χ3v) is 7.95. The van der Waals surface area contributed by atoms with Crippen molar-refractivity contribution in [3.63, 3.8) is 0 Å². The van der Waals surface area contributed by atoms with Crippen LogP contribution < -0.4 is 33.8 Å². The zero-order chi connectivity index (χ0) is 30.5. The lowest BCUT2D eigenvalue weighted by Crippen LogP contribution is -2.40. The molecule has 9 nitrogen and oxygen atoms in total. The van der Waals surface area contributed by atoms with Crippen molar-refractivity contribution in [2.45, 2.75) is 26.5 Å². The SMILES string of the molecule is CCOC(=O)C1=C(C)N=c2s/c(=C/c3ccc(OCc4ccccc4)c(OC)c3)c(=O)n2[C@@H]1c1cc(OC)ccc1OC. The number of fused-ring (bicyclic) bond motifs is 1. The summed E-state index contributed by atoms with van der Waals surface area (Å²) in [5, 5.41) is 0. The van der Waals surface area contributed by atoms with Gasteiger partial charge in [-0.15, -0.1) is 0 Å². The smallest absolute Gasteiger partial charge is 0.338 e. The van der Waals surface area contributed by atoms with E-state index < -0.39 is 12.0 Å². The van der Waals surface area contributed by atoms with E-state index in [0.717, 1.165) is 11.1 Å². The van der Waals surface area contributed by atoms with Gasteiger partial charge in [-0.25, -0.2) is 9.79 Å². The molecular formula is C33H32N2O7S. The minimum absolute atomic E-state index is 0.175. The summed E-state index contributed by atoms with van der Waals surface area (Å²) in [7, 11) is 4.66. The fourth-order valence-electron chi connectivity index (χ4n) is 4.92. The van der Waals surface area contributed by atoms with Gasteiger partial charge in [-0.3, -0.25) is 9.36 Å². The Hall–Kier alpha value is -4.83. The standard InChI is InChI=1S/C33H32N2O7S/c1-6-41-32(37)29-20(2)34-33-35(30(29)24-18-23(38-3)13-15-25(24)39-4)31(36)28(43-33)17-22-12-14-26(27(16-22)40-5)42-19-21-10-8-7-9-11-21/h7-18,30H,6,19H2,1-5H3/b28-17+/t30-/m1/s1. The number of hydrogen-bond donors (Lipinski definition) is 0. The highest BCUT2D eigenvalue weighted by Gasteiger charge is 2.35. The van der Waals surface area contributed by atoms with E-state index in [1.54, 1.807) is 52.3 Å². The Morgan fingerprint density at radius 3 is 2.40 bits per heavy atom. The maximum Gasteiger partial charge on any atom is 0.338 e. The molecule has 1 aliphatic heterocycles. The molecule has 43 heavy (non-hydrogen) atoms. The van der Waals surface area contributed by atoms with Crippen LogP contribution in [0, 0.1) is 0 Å². The first-order valence-electron chi connectivity index (χ1n) is 13.6. The number of hydrogen-bond acceptors (Lipinski definition) is 9. The van der Waals surface area contributed by atoms with E-state index >= 15 is 0 Å². The van der Waals surface area contributed by atoms with Gasteiger partial charge in [0.15, 0.2) is 16.3 Å². The van der Waals surface area contributed by atoms with Gasteiger partial charge >= 0.3 is 5.97 Å². The van der Waals surface area contributed by atoms with Crippen LogP contribution in [0.5, 0.6) is 23.0 Å². The van der Waals surface area contributed by atoms with Gasteiger partial charge in [0.2, 0.25) is 0 Å². The van der Waals surface area contributed by atoms with Gasteiger partial charge in [-0.1, -0.05) is 47.7 Å². The van der Waals surface area contributed by atoms with Crippen molar-refractivity contribution in [1.82, 2.24) is 4.57 Å². The lowest BCUT2D eigenvalue weighted by atomic mass is 9.94. The molecule has 0 fully saturated rings. The predicted octanol–water partition coefficient (Wildman–Crippen LogP) is 4.40. The Morgan fingerprint density at radius 2 is 1.70 bits per heavy atom. The number of esters is 1. The molecule has 5 rings (SSSR count). The van der Waals surface area contributed by atoms with Crippen LogP contribution in [-0.4, -0.2) is 38.5 Å². The summed E-state index contributed by atoms with van der Waals surface area (Å²) in [6.07, 6.45) is 1.77. The minimum Gasteiger partial charge on any atom is -0.497 e. The van der Waals surface area contributed by atoms with Crippen LogP contribution >= 0.6 is 11.3 Å². The zero-order valence-corrected chi connectivity index (χ0v) is 25.4. The summed E-state index contributed by atoms with van der Waals surface area (Å²) >= 11 is 1.23. The molecule has 3 aromatic carbocycles. The van der Waals surface area contributed by atoms with Crippen molar-refractivity contribution in [3.8, 4) is 23.0 Å². The third-order valence-electron chi connectivity index (χ3n) is 6.97. The highest BCUT2D eigenvalue weighted by Crippen LogP contribution is 2.38. The van der Waals surface area contributed by atoms with Gasteiger partial charge in [0.1, 0.15) is 24.1 Å². The Kier molecular flexibility index (Phi) is 8.96. The lowest BCUT2D eigenvalue weighted by Gasteiger charge is -2.26. The van der Waals surface area contributed by atoms with Crippen molar-refractivity contribution in [2.24, 2.45) is 4.99 Å². The number of nitrogens with zero attached hydrogens (tertiary/aromatic N) is 2. The molecule has 0 saturated heterocycles. The quantitative estimate of drug-likeness (QED) is 0.249. The van der Waals surface area contributed by atoms with Gasteiger partial charge in [-0.2, -0.15) is 0 Å². The number of benzene rings is 3. The van der Waals surface area contributed by atoms with E-state index in [1.165, 1.54) is 23.0 Å². The van der Waals surface area contributed by atoms with E-state index in [2.05, 4.69) is 4.99 Å². The fourth-order valence-corrected chi connectivity index (χ4v) is 5.97. The summed E-state index contributed by atoms with van der Waals surface area (Å²) in [5.41, 5.74) is 2.77. The number of aromatic nitrogens is 1. The van der Waals surface area contributed by atoms with Crippen molar-refractivity contribution < 1.29 is 28.5 Å². The molecule has 1 atom stereocenters. The number of allylic oxidation sites excluding steroid dienone is 1. The second-order valence-corrected chi connectivity index (χ2v) is 10.6. The predicted molar refractivity (Wildman–Crippen MR) is 164 cm³/mol. The molecule has 4 aromatic rings. The maximum atomic E-state index is 14.0. The van der Waals surface area contributed by atoms with Gasteiger partial charge < -0.3 is 23.7 Å². The Balaban J connectivity index is 1.60. The van der Waals surface area contributed by atoms with Crippen molar-refractivity contribution in [1.29, 1.82) is 0 Å². The Labute approximate surface area is 252 Å². The number of rotatable bonds is 10. The number of thiazole rings is 1. The average Bonchev–Trinajstić information content (AvgIpc) is 3.33. The molecule has 0 aliphatic carbocycles. The molecule has 0 amide bonds. The van der Waals surface area contributed by atoms with Crippen molar-refractivity contribution in [3.05, 3.63) is 114 Å². The van der Waals surface area contributed by atoms with Crippen LogP contribution in [0.25, 0.3) is 6.08 Å². The summed E-state index contributed by atoms with van der Waals surface area (Å²) in [5.74, 6) is 1.62. The van der Waals surface area contributed by atoms with Crippen molar-refractivity contribution in [2.75, 3.05) is 27.9 Å². The second kappa shape index (κ2) is 13.0. The average molecular weight is 601 g/mol. The van der Waals surface area contributed by atoms with Gasteiger partial charge in [-0.05, 0) is 61.4 Å². The summed E-state index contributed by atoms with van der Waals surface area (Å²) in [6, 6.07) is 19.8. The molecule has 0 radical (unpaired) electrons. The number of carbonyl (C=O) groups is 1. The summed E-state index contributed by atoms with van der Waals surface area (Å²) in [6.45, 7) is 4.04. The molecule has 1 aliphatic rings. The summed E-state index contributed by atoms with van der Waals surface area (Å²) in [4.78, 5) is 32.4. The normalized spacial score (nSPS) is 14.5. The number of methoxy groups -OCH3 is 3. The van der Waals surface area contributed by atoms with Crippen LogP contribution in [0.15, 0.2) is 87.8 Å². The number of ether oxygens (including phenoxy) is 5. The van der Waals surface area contributed by atoms with Crippen LogP contribution in [0.1, 0.15) is 36.6 Å². The first-order chi connectivity index (χ1) is 20.9. The monoisotopic (exact) mass is 600 g/mol. The molecule has 10 heteroatoms. The molecule has 222 valence electrons. The lowest BCUT2D eigenvalue weighted by molar-refractivity contribution is -0.139. The van der Waals surface area contributed by atoms with Gasteiger partial charge in [0, 0.05) is 5.56 Å². The third kappa shape index (κ3) is 6.05. The fraction of sp³-hybridized carbons (Fsp3) is 0.242. The molecule has 0 spiro atoms. The van der Waals surface area contributed by atoms with Gasteiger partial charge in [0.05, 0.1) is 43.7 Å². The first kappa shape index (κ1) is 29.7. The van der Waals surface area contributed by atoms with Crippen LogP contribution in [0.2, 0.25) is 0 Å². The molecule has 0 bridgehead atoms. The largest absolute Gasteiger partial charge is 0.497 e. The first-order valence-corrected chi connectivity index (χ1v) is 14.5. The Bertz CT molecular complexity index is 1860. The number of carbonyl (C=O) groups excluding carboxylic acids is 1. The van der Waals surface area contributed by atoms with E-state index in [1.807, 2.05) is 48.5 Å². The Morgan fingerprint density at radius 1 is 0.953 bits per heavy atom. The second-order valence-electron chi connectivity index (χ2n) is 9.59. The van der Waals surface area contributed by atoms with Crippen LogP contribution in [0.3, 0.4) is 0 Å². The molecule has 2 heterocycles. The minimum atomic E-state index is -0.842. The summed E-state index contributed by atoms with van der Waals surface area (Å²) < 4.78 is 30.1.